The van der Waals surface area contributed by atoms with Crippen LogP contribution in [0.15, 0.2) is 41.4 Å². The first-order valence-corrected chi connectivity index (χ1v) is 7.70. The summed E-state index contributed by atoms with van der Waals surface area (Å²) < 4.78 is 16.8. The second-order valence-corrected chi connectivity index (χ2v) is 5.50. The van der Waals surface area contributed by atoms with Crippen LogP contribution in [0, 0.1) is 6.92 Å². The minimum atomic E-state index is 0.452. The molecule has 0 bridgehead atoms. The summed E-state index contributed by atoms with van der Waals surface area (Å²) in [7, 11) is 3.30. The van der Waals surface area contributed by atoms with E-state index in [1.165, 1.54) is 5.56 Å². The minimum absolute atomic E-state index is 0.452. The van der Waals surface area contributed by atoms with Gasteiger partial charge in [-0.25, -0.2) is 0 Å². The van der Waals surface area contributed by atoms with Gasteiger partial charge in [0, 0.05) is 12.1 Å². The lowest BCUT2D eigenvalue weighted by Gasteiger charge is -2.20. The Labute approximate surface area is 136 Å². The number of ether oxygens (including phenoxy) is 3. The number of hydrogen-bond donors (Lipinski definition) is 0. The van der Waals surface area contributed by atoms with Crippen LogP contribution < -0.4 is 14.2 Å². The minimum Gasteiger partial charge on any atom is -0.493 e. The normalized spacial score (nSPS) is 13.1. The lowest BCUT2D eigenvalue weighted by Crippen LogP contribution is -2.20. The van der Waals surface area contributed by atoms with Gasteiger partial charge in [0.15, 0.2) is 11.5 Å². The molecule has 1 heterocycles. The Hall–Kier alpha value is -2.49. The fourth-order valence-electron chi connectivity index (χ4n) is 2.78. The monoisotopic (exact) mass is 311 g/mol. The van der Waals surface area contributed by atoms with E-state index in [-0.39, 0.29) is 0 Å². The molecule has 0 N–H and O–H groups in total. The molecule has 0 aromatic heterocycles. The van der Waals surface area contributed by atoms with Gasteiger partial charge in [-0.05, 0) is 42.7 Å². The number of aliphatic imine (C=N–C) groups is 1. The van der Waals surface area contributed by atoms with Crippen LogP contribution in [0.4, 0.5) is 0 Å². The van der Waals surface area contributed by atoms with Crippen molar-refractivity contribution in [3.8, 4) is 17.2 Å². The van der Waals surface area contributed by atoms with Gasteiger partial charge in [-0.2, -0.15) is 0 Å². The molecule has 1 aliphatic rings. The van der Waals surface area contributed by atoms with Crippen LogP contribution >= 0.6 is 0 Å². The Bertz CT molecular complexity index is 737. The highest BCUT2D eigenvalue weighted by Gasteiger charge is 2.19. The topological polar surface area (TPSA) is 40.0 Å². The second kappa shape index (κ2) is 6.73. The molecule has 0 saturated heterocycles. The molecule has 0 radical (unpaired) electrons. The molecule has 1 aliphatic heterocycles. The number of nitrogens with zero attached hydrogens (tertiary/aromatic N) is 1. The van der Waals surface area contributed by atoms with Crippen LogP contribution in [0.25, 0.3) is 0 Å². The summed E-state index contributed by atoms with van der Waals surface area (Å²) in [6.07, 6.45) is 0.906. The van der Waals surface area contributed by atoms with Crippen molar-refractivity contribution < 1.29 is 14.2 Å². The van der Waals surface area contributed by atoms with Crippen molar-refractivity contribution in [2.45, 2.75) is 13.3 Å². The van der Waals surface area contributed by atoms with Gasteiger partial charge < -0.3 is 14.2 Å². The molecule has 0 spiro atoms. The van der Waals surface area contributed by atoms with E-state index in [0.717, 1.165) is 47.1 Å². The standard InChI is InChI=1S/C19H21NO3/c1-13-6-4-5-7-17(13)23-12-16-15-11-19(22-3)18(21-2)10-14(15)8-9-20-16/h4-7,10-11H,8-9,12H2,1-3H3. The molecule has 4 heteroatoms. The Morgan fingerprint density at radius 2 is 1.74 bits per heavy atom. The molecule has 23 heavy (non-hydrogen) atoms. The van der Waals surface area contributed by atoms with Crippen LogP contribution in [0.5, 0.6) is 17.2 Å². The number of aryl methyl sites for hydroxylation is 1. The van der Waals surface area contributed by atoms with Crippen molar-refractivity contribution in [2.75, 3.05) is 27.4 Å². The molecule has 0 aliphatic carbocycles. The van der Waals surface area contributed by atoms with Gasteiger partial charge in [-0.3, -0.25) is 4.99 Å². The highest BCUT2D eigenvalue weighted by molar-refractivity contribution is 6.04. The first-order chi connectivity index (χ1) is 11.2. The van der Waals surface area contributed by atoms with E-state index >= 15 is 0 Å². The maximum Gasteiger partial charge on any atom is 0.161 e. The van der Waals surface area contributed by atoms with Gasteiger partial charge in [0.25, 0.3) is 0 Å². The Morgan fingerprint density at radius 1 is 1.00 bits per heavy atom. The Balaban J connectivity index is 1.85. The summed E-state index contributed by atoms with van der Waals surface area (Å²) in [6, 6.07) is 12.0. The number of benzene rings is 2. The van der Waals surface area contributed by atoms with E-state index in [0.29, 0.717) is 6.61 Å². The maximum absolute atomic E-state index is 5.96. The molecular formula is C19H21NO3. The van der Waals surface area contributed by atoms with Gasteiger partial charge in [0.2, 0.25) is 0 Å². The number of methoxy groups -OCH3 is 2. The summed E-state index contributed by atoms with van der Waals surface area (Å²) in [4.78, 5) is 4.64. The van der Waals surface area contributed by atoms with Crippen molar-refractivity contribution in [3.05, 3.63) is 53.1 Å². The summed E-state index contributed by atoms with van der Waals surface area (Å²) >= 11 is 0. The predicted octanol–water partition coefficient (Wildman–Crippen LogP) is 3.44. The van der Waals surface area contributed by atoms with Crippen LogP contribution in [0.2, 0.25) is 0 Å². The smallest absolute Gasteiger partial charge is 0.161 e. The van der Waals surface area contributed by atoms with E-state index < -0.39 is 0 Å². The SMILES string of the molecule is COc1cc2c(cc1OC)C(COc1ccccc1C)=NCC2. The zero-order valence-electron chi connectivity index (χ0n) is 13.8. The van der Waals surface area contributed by atoms with Gasteiger partial charge in [0.1, 0.15) is 12.4 Å². The van der Waals surface area contributed by atoms with Crippen LogP contribution in [-0.4, -0.2) is 33.1 Å². The van der Waals surface area contributed by atoms with E-state index in [1.54, 1.807) is 14.2 Å². The first kappa shape index (κ1) is 15.4. The van der Waals surface area contributed by atoms with E-state index in [4.69, 9.17) is 14.2 Å². The average Bonchev–Trinajstić information content (AvgIpc) is 2.59. The van der Waals surface area contributed by atoms with Crippen molar-refractivity contribution in [1.29, 1.82) is 0 Å². The Kier molecular flexibility index (Phi) is 4.51. The second-order valence-electron chi connectivity index (χ2n) is 5.50. The number of fused-ring (bicyclic) bond motifs is 1. The molecule has 2 aromatic carbocycles. The summed E-state index contributed by atoms with van der Waals surface area (Å²) in [5, 5.41) is 0. The molecule has 120 valence electrons. The average molecular weight is 311 g/mol. The molecule has 0 fully saturated rings. The number of hydrogen-bond acceptors (Lipinski definition) is 4. The first-order valence-electron chi connectivity index (χ1n) is 7.70. The molecule has 0 unspecified atom stereocenters. The lowest BCUT2D eigenvalue weighted by molar-refractivity contribution is 0.354. The van der Waals surface area contributed by atoms with Gasteiger partial charge in [0.05, 0.1) is 19.9 Å². The zero-order chi connectivity index (χ0) is 16.2. The van der Waals surface area contributed by atoms with Crippen LogP contribution in [0.3, 0.4) is 0 Å². The molecule has 3 rings (SSSR count). The highest BCUT2D eigenvalue weighted by atomic mass is 16.5. The zero-order valence-corrected chi connectivity index (χ0v) is 13.8. The molecular weight excluding hydrogens is 290 g/mol. The van der Waals surface area contributed by atoms with Crippen molar-refractivity contribution in [1.82, 2.24) is 0 Å². The van der Waals surface area contributed by atoms with Crippen LogP contribution in [0.1, 0.15) is 16.7 Å². The fraction of sp³-hybridized carbons (Fsp3) is 0.316. The van der Waals surface area contributed by atoms with E-state index in [9.17, 15) is 0 Å². The molecule has 0 atom stereocenters. The Morgan fingerprint density at radius 3 is 2.48 bits per heavy atom. The molecule has 4 nitrogen and oxygen atoms in total. The van der Waals surface area contributed by atoms with Gasteiger partial charge in [-0.1, -0.05) is 18.2 Å². The van der Waals surface area contributed by atoms with E-state index in [2.05, 4.69) is 4.99 Å². The maximum atomic E-state index is 5.96. The summed E-state index contributed by atoms with van der Waals surface area (Å²) in [6.45, 7) is 3.27. The molecule has 2 aromatic rings. The van der Waals surface area contributed by atoms with Crippen molar-refractivity contribution in [3.63, 3.8) is 0 Å². The summed E-state index contributed by atoms with van der Waals surface area (Å²) in [5.41, 5.74) is 4.38. The fourth-order valence-corrected chi connectivity index (χ4v) is 2.78. The largest absolute Gasteiger partial charge is 0.493 e. The van der Waals surface area contributed by atoms with Gasteiger partial charge >= 0.3 is 0 Å². The molecule has 0 amide bonds. The number of rotatable bonds is 5. The quantitative estimate of drug-likeness (QED) is 0.849. The van der Waals surface area contributed by atoms with Gasteiger partial charge in [-0.15, -0.1) is 0 Å². The molecule has 0 saturated carbocycles. The predicted molar refractivity (Wildman–Crippen MR) is 91.3 cm³/mol. The number of para-hydroxylation sites is 1. The van der Waals surface area contributed by atoms with Crippen molar-refractivity contribution >= 4 is 5.71 Å². The van der Waals surface area contributed by atoms with Crippen LogP contribution in [-0.2, 0) is 6.42 Å². The third kappa shape index (κ3) is 3.16. The third-order valence-electron chi connectivity index (χ3n) is 4.06. The third-order valence-corrected chi connectivity index (χ3v) is 4.06. The van der Waals surface area contributed by atoms with E-state index in [1.807, 2.05) is 43.3 Å². The van der Waals surface area contributed by atoms with Crippen molar-refractivity contribution in [2.24, 2.45) is 4.99 Å². The summed E-state index contributed by atoms with van der Waals surface area (Å²) in [5.74, 6) is 2.37. The highest BCUT2D eigenvalue weighted by Crippen LogP contribution is 2.32. The lowest BCUT2D eigenvalue weighted by atomic mass is 9.97.